The van der Waals surface area contributed by atoms with Crippen molar-refractivity contribution >= 4 is 21.8 Å². The molecule has 98 valence electrons. The van der Waals surface area contributed by atoms with Crippen molar-refractivity contribution in [3.05, 3.63) is 29.6 Å². The van der Waals surface area contributed by atoms with E-state index in [0.717, 1.165) is 31.7 Å². The van der Waals surface area contributed by atoms with E-state index in [9.17, 15) is 9.18 Å². The van der Waals surface area contributed by atoms with E-state index in [1.165, 1.54) is 12.1 Å². The molecule has 0 saturated heterocycles. The van der Waals surface area contributed by atoms with Gasteiger partial charge in [0.15, 0.2) is 0 Å². The standard InChI is InChI=1S/C13H15BrFNO2/c14-8-13(5-1-2-6-13)16-12(18)10-4-3-9(17)7-11(10)15/h3-4,7,17H,1-2,5-6,8H2,(H,16,18). The lowest BCUT2D eigenvalue weighted by Crippen LogP contribution is -2.48. The molecular formula is C13H15BrFNO2. The third-order valence-electron chi connectivity index (χ3n) is 3.39. The number of carbonyl (C=O) groups is 1. The Morgan fingerprint density at radius 2 is 2.11 bits per heavy atom. The summed E-state index contributed by atoms with van der Waals surface area (Å²) in [7, 11) is 0. The molecule has 0 aromatic heterocycles. The normalized spacial score (nSPS) is 17.7. The number of rotatable bonds is 3. The van der Waals surface area contributed by atoms with E-state index >= 15 is 0 Å². The van der Waals surface area contributed by atoms with E-state index in [2.05, 4.69) is 21.2 Å². The Morgan fingerprint density at radius 1 is 1.44 bits per heavy atom. The fourth-order valence-corrected chi connectivity index (χ4v) is 3.04. The molecule has 1 aromatic rings. The van der Waals surface area contributed by atoms with Crippen molar-refractivity contribution in [3.63, 3.8) is 0 Å². The van der Waals surface area contributed by atoms with Crippen LogP contribution >= 0.6 is 15.9 Å². The van der Waals surface area contributed by atoms with Gasteiger partial charge in [-0.25, -0.2) is 4.39 Å². The summed E-state index contributed by atoms with van der Waals surface area (Å²) in [5, 5.41) is 12.7. The van der Waals surface area contributed by atoms with Gasteiger partial charge in [0.25, 0.3) is 5.91 Å². The Hall–Kier alpha value is -1.10. The number of phenols is 1. The van der Waals surface area contributed by atoms with Crippen LogP contribution in [0.3, 0.4) is 0 Å². The van der Waals surface area contributed by atoms with E-state index < -0.39 is 11.7 Å². The highest BCUT2D eigenvalue weighted by molar-refractivity contribution is 9.09. The fourth-order valence-electron chi connectivity index (χ4n) is 2.34. The Kier molecular flexibility index (Phi) is 3.90. The summed E-state index contributed by atoms with van der Waals surface area (Å²) in [4.78, 5) is 12.0. The molecule has 2 rings (SSSR count). The quantitative estimate of drug-likeness (QED) is 0.842. The van der Waals surface area contributed by atoms with Crippen LogP contribution in [0.2, 0.25) is 0 Å². The van der Waals surface area contributed by atoms with Crippen LogP contribution in [-0.2, 0) is 0 Å². The third-order valence-corrected chi connectivity index (χ3v) is 4.47. The average Bonchev–Trinajstić information content (AvgIpc) is 2.78. The molecule has 1 aliphatic carbocycles. The van der Waals surface area contributed by atoms with Crippen LogP contribution in [0.15, 0.2) is 18.2 Å². The zero-order valence-electron chi connectivity index (χ0n) is 9.88. The van der Waals surface area contributed by atoms with Gasteiger partial charge in [-0.05, 0) is 25.0 Å². The second-order valence-corrected chi connectivity index (χ2v) is 5.30. The van der Waals surface area contributed by atoms with Gasteiger partial charge >= 0.3 is 0 Å². The van der Waals surface area contributed by atoms with Crippen LogP contribution in [0, 0.1) is 5.82 Å². The number of aromatic hydroxyl groups is 1. The molecule has 2 N–H and O–H groups in total. The van der Waals surface area contributed by atoms with Gasteiger partial charge in [-0.1, -0.05) is 28.8 Å². The monoisotopic (exact) mass is 315 g/mol. The number of carbonyl (C=O) groups excluding carboxylic acids is 1. The SMILES string of the molecule is O=C(NC1(CBr)CCCC1)c1ccc(O)cc1F. The minimum absolute atomic E-state index is 0.0278. The van der Waals surface area contributed by atoms with Gasteiger partial charge in [0.05, 0.1) is 11.1 Å². The van der Waals surface area contributed by atoms with Gasteiger partial charge in [-0.2, -0.15) is 0 Å². The zero-order chi connectivity index (χ0) is 13.2. The summed E-state index contributed by atoms with van der Waals surface area (Å²) in [6.45, 7) is 0. The number of amides is 1. The van der Waals surface area contributed by atoms with Crippen LogP contribution in [0.1, 0.15) is 36.0 Å². The Balaban J connectivity index is 2.16. The van der Waals surface area contributed by atoms with Gasteiger partial charge in [0.2, 0.25) is 0 Å². The second-order valence-electron chi connectivity index (χ2n) is 4.74. The molecule has 1 aliphatic rings. The maximum atomic E-state index is 13.6. The second kappa shape index (κ2) is 5.26. The molecular weight excluding hydrogens is 301 g/mol. The molecule has 1 aromatic carbocycles. The Labute approximate surface area is 114 Å². The zero-order valence-corrected chi connectivity index (χ0v) is 11.5. The van der Waals surface area contributed by atoms with Crippen molar-refractivity contribution in [3.8, 4) is 5.75 Å². The summed E-state index contributed by atoms with van der Waals surface area (Å²) < 4.78 is 13.6. The van der Waals surface area contributed by atoms with Gasteiger partial charge in [0.1, 0.15) is 11.6 Å². The number of hydrogen-bond donors (Lipinski definition) is 2. The highest BCUT2D eigenvalue weighted by Gasteiger charge is 2.34. The summed E-state index contributed by atoms with van der Waals surface area (Å²) >= 11 is 3.42. The fraction of sp³-hybridized carbons (Fsp3) is 0.462. The molecule has 0 bridgehead atoms. The molecule has 1 saturated carbocycles. The summed E-state index contributed by atoms with van der Waals surface area (Å²) in [6, 6.07) is 3.56. The number of halogens is 2. The van der Waals surface area contributed by atoms with Crippen molar-refractivity contribution in [1.29, 1.82) is 0 Å². The average molecular weight is 316 g/mol. The Bertz CT molecular complexity index is 458. The highest BCUT2D eigenvalue weighted by Crippen LogP contribution is 2.31. The lowest BCUT2D eigenvalue weighted by atomic mass is 10.00. The Morgan fingerprint density at radius 3 is 2.67 bits per heavy atom. The van der Waals surface area contributed by atoms with E-state index in [1.54, 1.807) is 0 Å². The molecule has 0 spiro atoms. The summed E-state index contributed by atoms with van der Waals surface area (Å²) in [6.07, 6.45) is 3.96. The molecule has 1 amide bonds. The van der Waals surface area contributed by atoms with Crippen LogP contribution < -0.4 is 5.32 Å². The van der Waals surface area contributed by atoms with Crippen molar-refractivity contribution in [2.75, 3.05) is 5.33 Å². The summed E-state index contributed by atoms with van der Waals surface area (Å²) in [5.41, 5.74) is -0.290. The van der Waals surface area contributed by atoms with Crippen molar-refractivity contribution in [2.24, 2.45) is 0 Å². The molecule has 0 unspecified atom stereocenters. The van der Waals surface area contributed by atoms with Crippen LogP contribution in [-0.4, -0.2) is 21.9 Å². The smallest absolute Gasteiger partial charge is 0.254 e. The first-order chi connectivity index (χ1) is 8.56. The molecule has 18 heavy (non-hydrogen) atoms. The number of benzene rings is 1. The van der Waals surface area contributed by atoms with Gasteiger partial charge in [0, 0.05) is 11.4 Å². The molecule has 0 atom stereocenters. The molecule has 0 radical (unpaired) electrons. The van der Waals surface area contributed by atoms with Gasteiger partial charge in [-0.15, -0.1) is 0 Å². The number of hydrogen-bond acceptors (Lipinski definition) is 2. The maximum Gasteiger partial charge on any atom is 0.254 e. The van der Waals surface area contributed by atoms with E-state index in [0.29, 0.717) is 5.33 Å². The predicted octanol–water partition coefficient (Wildman–Crippen LogP) is 2.97. The first-order valence-electron chi connectivity index (χ1n) is 5.93. The summed E-state index contributed by atoms with van der Waals surface area (Å²) in [5.74, 6) is -1.30. The molecule has 0 aliphatic heterocycles. The minimum Gasteiger partial charge on any atom is -0.508 e. The van der Waals surface area contributed by atoms with E-state index in [4.69, 9.17) is 5.11 Å². The molecule has 3 nitrogen and oxygen atoms in total. The number of alkyl halides is 1. The van der Waals surface area contributed by atoms with Crippen LogP contribution in [0.25, 0.3) is 0 Å². The number of phenolic OH excluding ortho intramolecular Hbond substituents is 1. The predicted molar refractivity (Wildman–Crippen MR) is 70.5 cm³/mol. The molecule has 0 heterocycles. The topological polar surface area (TPSA) is 49.3 Å². The van der Waals surface area contributed by atoms with Gasteiger partial charge in [-0.3, -0.25) is 4.79 Å². The molecule has 5 heteroatoms. The minimum atomic E-state index is -0.699. The van der Waals surface area contributed by atoms with Crippen LogP contribution in [0.5, 0.6) is 5.75 Å². The van der Waals surface area contributed by atoms with E-state index in [1.807, 2.05) is 0 Å². The lowest BCUT2D eigenvalue weighted by Gasteiger charge is -2.28. The van der Waals surface area contributed by atoms with Crippen molar-refractivity contribution < 1.29 is 14.3 Å². The maximum absolute atomic E-state index is 13.6. The molecule has 1 fully saturated rings. The van der Waals surface area contributed by atoms with Crippen LogP contribution in [0.4, 0.5) is 4.39 Å². The van der Waals surface area contributed by atoms with E-state index in [-0.39, 0.29) is 16.9 Å². The number of nitrogens with one attached hydrogen (secondary N) is 1. The lowest BCUT2D eigenvalue weighted by molar-refractivity contribution is 0.0906. The van der Waals surface area contributed by atoms with Gasteiger partial charge < -0.3 is 10.4 Å². The highest BCUT2D eigenvalue weighted by atomic mass is 79.9. The van der Waals surface area contributed by atoms with Crippen molar-refractivity contribution in [2.45, 2.75) is 31.2 Å². The largest absolute Gasteiger partial charge is 0.508 e. The third kappa shape index (κ3) is 2.66. The first kappa shape index (κ1) is 13.3. The van der Waals surface area contributed by atoms with Crippen molar-refractivity contribution in [1.82, 2.24) is 5.32 Å². The first-order valence-corrected chi connectivity index (χ1v) is 7.05.